The third kappa shape index (κ3) is 3.46. The van der Waals surface area contributed by atoms with Crippen LogP contribution in [0.5, 0.6) is 0 Å². The van der Waals surface area contributed by atoms with Crippen molar-refractivity contribution in [3.8, 4) is 0 Å². The Hall–Kier alpha value is -1.12. The molecule has 4 N–H and O–H groups in total. The molecule has 6 heteroatoms. The molecule has 0 saturated carbocycles. The number of hydrogen-bond donors (Lipinski definition) is 3. The molecule has 0 unspecified atom stereocenters. The Kier molecular flexibility index (Phi) is 4.78. The lowest BCUT2D eigenvalue weighted by atomic mass is 10.1. The number of hydrogen-bond acceptors (Lipinski definition) is 3. The van der Waals surface area contributed by atoms with Gasteiger partial charge in [0.2, 0.25) is 0 Å². The van der Waals surface area contributed by atoms with Gasteiger partial charge in [-0.1, -0.05) is 12.1 Å². The van der Waals surface area contributed by atoms with Crippen LogP contribution >= 0.6 is 38.5 Å². The van der Waals surface area contributed by atoms with E-state index < -0.39 is 0 Å². The second-order valence-electron chi connectivity index (χ2n) is 3.77. The first-order valence-electron chi connectivity index (χ1n) is 5.44. The van der Waals surface area contributed by atoms with Crippen molar-refractivity contribution in [3.63, 3.8) is 0 Å². The molecule has 0 heterocycles. The van der Waals surface area contributed by atoms with E-state index in [0.717, 1.165) is 13.7 Å². The van der Waals surface area contributed by atoms with Gasteiger partial charge in [-0.3, -0.25) is 10.6 Å². The maximum absolute atomic E-state index is 12.2. The molecule has 0 aliphatic heterocycles. The lowest BCUT2D eigenvalue weighted by molar-refractivity contribution is 0.102. The largest absolute Gasteiger partial charge is 0.323 e. The second kappa shape index (κ2) is 6.36. The van der Waals surface area contributed by atoms with E-state index in [1.165, 1.54) is 0 Å². The van der Waals surface area contributed by atoms with Crippen molar-refractivity contribution < 1.29 is 4.79 Å². The van der Waals surface area contributed by atoms with Crippen LogP contribution in [0.1, 0.15) is 10.4 Å². The number of halogens is 2. The SMILES string of the molecule is NNc1ccccc1C(=O)Nc1ccc(I)cc1Br. The molecular formula is C13H11BrIN3O. The molecule has 4 nitrogen and oxygen atoms in total. The standard InChI is InChI=1S/C13H11BrIN3O/c14-10-7-8(15)5-6-12(10)17-13(19)9-3-1-2-4-11(9)18-16/h1-7,18H,16H2,(H,17,19). The minimum Gasteiger partial charge on any atom is -0.323 e. The summed E-state index contributed by atoms with van der Waals surface area (Å²) in [4.78, 5) is 12.2. The smallest absolute Gasteiger partial charge is 0.257 e. The molecular weight excluding hydrogens is 421 g/mol. The van der Waals surface area contributed by atoms with Gasteiger partial charge in [-0.15, -0.1) is 0 Å². The summed E-state index contributed by atoms with van der Waals surface area (Å²) < 4.78 is 1.93. The molecule has 0 aliphatic carbocycles. The summed E-state index contributed by atoms with van der Waals surface area (Å²) in [6.07, 6.45) is 0. The fourth-order valence-electron chi connectivity index (χ4n) is 1.59. The Labute approximate surface area is 133 Å². The predicted octanol–water partition coefficient (Wildman–Crippen LogP) is 3.59. The van der Waals surface area contributed by atoms with Crippen molar-refractivity contribution in [1.29, 1.82) is 0 Å². The molecule has 0 saturated heterocycles. The number of anilines is 2. The minimum atomic E-state index is -0.213. The van der Waals surface area contributed by atoms with E-state index in [2.05, 4.69) is 49.3 Å². The molecule has 0 atom stereocenters. The van der Waals surface area contributed by atoms with Gasteiger partial charge in [0.1, 0.15) is 0 Å². The van der Waals surface area contributed by atoms with Crippen LogP contribution in [0.25, 0.3) is 0 Å². The molecule has 0 spiro atoms. The van der Waals surface area contributed by atoms with Gasteiger partial charge in [-0.2, -0.15) is 0 Å². The summed E-state index contributed by atoms with van der Waals surface area (Å²) in [6, 6.07) is 12.8. The van der Waals surface area contributed by atoms with Crippen molar-refractivity contribution in [3.05, 3.63) is 56.1 Å². The molecule has 1 amide bonds. The summed E-state index contributed by atoms with van der Waals surface area (Å²) in [5, 5.41) is 2.84. The summed E-state index contributed by atoms with van der Waals surface area (Å²) in [5.41, 5.74) is 4.31. The fourth-order valence-corrected chi connectivity index (χ4v) is 2.98. The number of rotatable bonds is 3. The third-order valence-corrected chi connectivity index (χ3v) is 3.83. The van der Waals surface area contributed by atoms with Crippen LogP contribution in [0.3, 0.4) is 0 Å². The van der Waals surface area contributed by atoms with Crippen molar-refractivity contribution >= 4 is 55.8 Å². The number of para-hydroxylation sites is 1. The molecule has 0 aromatic heterocycles. The first-order valence-corrected chi connectivity index (χ1v) is 7.31. The lowest BCUT2D eigenvalue weighted by Crippen LogP contribution is -2.17. The molecule has 98 valence electrons. The van der Waals surface area contributed by atoms with Crippen molar-refractivity contribution in [1.82, 2.24) is 0 Å². The molecule has 2 rings (SSSR count). The lowest BCUT2D eigenvalue weighted by Gasteiger charge is -2.10. The Bertz CT molecular complexity index is 619. The number of carbonyl (C=O) groups excluding carboxylic acids is 1. The van der Waals surface area contributed by atoms with Gasteiger partial charge >= 0.3 is 0 Å². The van der Waals surface area contributed by atoms with Crippen LogP contribution in [0, 0.1) is 3.57 Å². The minimum absolute atomic E-state index is 0.213. The zero-order valence-corrected chi connectivity index (χ0v) is 13.5. The first kappa shape index (κ1) is 14.3. The van der Waals surface area contributed by atoms with Crippen LogP contribution in [-0.4, -0.2) is 5.91 Å². The maximum atomic E-state index is 12.2. The Balaban J connectivity index is 2.26. The average Bonchev–Trinajstić information content (AvgIpc) is 2.41. The van der Waals surface area contributed by atoms with Crippen molar-refractivity contribution in [2.24, 2.45) is 5.84 Å². The third-order valence-electron chi connectivity index (χ3n) is 2.51. The van der Waals surface area contributed by atoms with Crippen LogP contribution in [0.2, 0.25) is 0 Å². The zero-order chi connectivity index (χ0) is 13.8. The van der Waals surface area contributed by atoms with E-state index >= 15 is 0 Å². The summed E-state index contributed by atoms with van der Waals surface area (Å²) >= 11 is 5.63. The van der Waals surface area contributed by atoms with E-state index in [9.17, 15) is 4.79 Å². The van der Waals surface area contributed by atoms with E-state index in [0.29, 0.717) is 11.3 Å². The van der Waals surface area contributed by atoms with Gasteiger partial charge in [0.05, 0.1) is 16.9 Å². The number of nitrogen functional groups attached to an aromatic ring is 1. The average molecular weight is 432 g/mol. The van der Waals surface area contributed by atoms with E-state index in [1.807, 2.05) is 24.3 Å². The van der Waals surface area contributed by atoms with Gasteiger partial charge in [-0.05, 0) is 68.9 Å². The number of nitrogens with two attached hydrogens (primary N) is 1. The van der Waals surface area contributed by atoms with Gasteiger partial charge in [0.25, 0.3) is 5.91 Å². The van der Waals surface area contributed by atoms with E-state index in [-0.39, 0.29) is 5.91 Å². The van der Waals surface area contributed by atoms with Gasteiger partial charge in [-0.25, -0.2) is 0 Å². The normalized spacial score (nSPS) is 10.1. The molecule has 0 fully saturated rings. The fraction of sp³-hybridized carbons (Fsp3) is 0. The highest BCUT2D eigenvalue weighted by Gasteiger charge is 2.11. The maximum Gasteiger partial charge on any atom is 0.257 e. The highest BCUT2D eigenvalue weighted by molar-refractivity contribution is 14.1. The zero-order valence-electron chi connectivity index (χ0n) is 9.78. The van der Waals surface area contributed by atoms with Gasteiger partial charge < -0.3 is 10.7 Å². The second-order valence-corrected chi connectivity index (χ2v) is 5.87. The summed E-state index contributed by atoms with van der Waals surface area (Å²) in [7, 11) is 0. The molecule has 19 heavy (non-hydrogen) atoms. The molecule has 0 bridgehead atoms. The van der Waals surface area contributed by atoms with Crippen LogP contribution in [-0.2, 0) is 0 Å². The Morgan fingerprint density at radius 3 is 2.58 bits per heavy atom. The number of benzene rings is 2. The van der Waals surface area contributed by atoms with Gasteiger partial charge in [0, 0.05) is 8.04 Å². The van der Waals surface area contributed by atoms with Crippen molar-refractivity contribution in [2.75, 3.05) is 10.7 Å². The number of nitrogens with one attached hydrogen (secondary N) is 2. The van der Waals surface area contributed by atoms with E-state index in [1.54, 1.807) is 18.2 Å². The quantitative estimate of drug-likeness (QED) is 0.395. The number of amides is 1. The number of hydrazine groups is 1. The van der Waals surface area contributed by atoms with Crippen LogP contribution < -0.4 is 16.6 Å². The Morgan fingerprint density at radius 1 is 1.16 bits per heavy atom. The first-order chi connectivity index (χ1) is 9.11. The molecule has 0 aliphatic rings. The van der Waals surface area contributed by atoms with Gasteiger partial charge in [0.15, 0.2) is 0 Å². The highest BCUT2D eigenvalue weighted by atomic mass is 127. The summed E-state index contributed by atoms with van der Waals surface area (Å²) in [6.45, 7) is 0. The number of carbonyl (C=O) groups is 1. The molecule has 0 radical (unpaired) electrons. The molecule has 2 aromatic carbocycles. The van der Waals surface area contributed by atoms with Crippen LogP contribution in [0.4, 0.5) is 11.4 Å². The topological polar surface area (TPSA) is 67.1 Å². The van der Waals surface area contributed by atoms with Crippen molar-refractivity contribution in [2.45, 2.75) is 0 Å². The highest BCUT2D eigenvalue weighted by Crippen LogP contribution is 2.25. The van der Waals surface area contributed by atoms with E-state index in [4.69, 9.17) is 5.84 Å². The predicted molar refractivity (Wildman–Crippen MR) is 89.1 cm³/mol. The molecule has 2 aromatic rings. The summed E-state index contributed by atoms with van der Waals surface area (Å²) in [5.74, 6) is 5.18. The monoisotopic (exact) mass is 431 g/mol. The Morgan fingerprint density at radius 2 is 1.89 bits per heavy atom. The van der Waals surface area contributed by atoms with Crippen LogP contribution in [0.15, 0.2) is 46.9 Å².